The lowest BCUT2D eigenvalue weighted by molar-refractivity contribution is -0.139. The van der Waals surface area contributed by atoms with Crippen molar-refractivity contribution in [2.45, 2.75) is 30.8 Å². The van der Waals surface area contributed by atoms with Gasteiger partial charge in [-0.05, 0) is 36.2 Å². The van der Waals surface area contributed by atoms with Crippen molar-refractivity contribution >= 4 is 46.8 Å². The van der Waals surface area contributed by atoms with E-state index in [0.29, 0.717) is 16.5 Å². The van der Waals surface area contributed by atoms with Gasteiger partial charge in [0.2, 0.25) is 11.8 Å². The smallest absolute Gasteiger partial charge is 0.242 e. The number of hydrogen-bond donors (Lipinski definition) is 1. The van der Waals surface area contributed by atoms with Gasteiger partial charge in [0.15, 0.2) is 0 Å². The fourth-order valence-electron chi connectivity index (χ4n) is 2.67. The van der Waals surface area contributed by atoms with Crippen molar-refractivity contribution in [3.05, 3.63) is 64.1 Å². The number of rotatable bonds is 8. The molecule has 2 amide bonds. The highest BCUT2D eigenvalue weighted by Gasteiger charge is 2.28. The van der Waals surface area contributed by atoms with E-state index in [9.17, 15) is 9.59 Å². The summed E-state index contributed by atoms with van der Waals surface area (Å²) < 4.78 is 0. The molecule has 1 atom stereocenters. The Balaban J connectivity index is 2.20. The van der Waals surface area contributed by atoms with Crippen molar-refractivity contribution in [3.8, 4) is 0 Å². The van der Waals surface area contributed by atoms with Crippen molar-refractivity contribution in [3.63, 3.8) is 0 Å². The van der Waals surface area contributed by atoms with Gasteiger partial charge in [-0.3, -0.25) is 9.59 Å². The minimum atomic E-state index is -0.548. The molecule has 4 nitrogen and oxygen atoms in total. The molecule has 0 aliphatic rings. The summed E-state index contributed by atoms with van der Waals surface area (Å²) >= 11 is 13.5. The van der Waals surface area contributed by atoms with Crippen LogP contribution in [0.1, 0.15) is 18.9 Å². The third-order valence-corrected chi connectivity index (χ3v) is 5.81. The third kappa shape index (κ3) is 6.16. The van der Waals surface area contributed by atoms with Crippen LogP contribution in [-0.4, -0.2) is 35.6 Å². The standard InChI is InChI=1S/C20H22Cl2N2O2S/c1-3-18(20(26)23-2)24(12-14-9-10-16(21)17(22)11-14)19(25)13-27-15-7-5-4-6-8-15/h4-11,18H,3,12-13H2,1-2H3,(H,23,26)/t18-/m0/s1. The molecular weight excluding hydrogens is 403 g/mol. The predicted molar refractivity (Wildman–Crippen MR) is 112 cm³/mol. The molecule has 7 heteroatoms. The van der Waals surface area contributed by atoms with Crippen molar-refractivity contribution in [1.82, 2.24) is 10.2 Å². The summed E-state index contributed by atoms with van der Waals surface area (Å²) in [6.07, 6.45) is 0.517. The number of hydrogen-bond acceptors (Lipinski definition) is 3. The van der Waals surface area contributed by atoms with Gasteiger partial charge in [-0.1, -0.05) is 54.4 Å². The summed E-state index contributed by atoms with van der Waals surface area (Å²) in [5, 5.41) is 3.52. The van der Waals surface area contributed by atoms with E-state index in [0.717, 1.165) is 10.5 Å². The first-order valence-corrected chi connectivity index (χ1v) is 10.3. The fourth-order valence-corrected chi connectivity index (χ4v) is 3.79. The molecule has 0 saturated carbocycles. The summed E-state index contributed by atoms with van der Waals surface area (Å²) in [7, 11) is 1.57. The Kier molecular flexibility index (Phi) is 8.48. The lowest BCUT2D eigenvalue weighted by Gasteiger charge is -2.30. The zero-order valence-electron chi connectivity index (χ0n) is 15.2. The molecule has 0 fully saturated rings. The highest BCUT2D eigenvalue weighted by Crippen LogP contribution is 2.25. The van der Waals surface area contributed by atoms with E-state index in [4.69, 9.17) is 23.2 Å². The Bertz CT molecular complexity index is 787. The number of halogens is 2. The Morgan fingerprint density at radius 1 is 1.11 bits per heavy atom. The van der Waals surface area contributed by atoms with E-state index in [2.05, 4.69) is 5.32 Å². The SMILES string of the molecule is CC[C@@H](C(=O)NC)N(Cc1ccc(Cl)c(Cl)c1)C(=O)CSc1ccccc1. The maximum Gasteiger partial charge on any atom is 0.242 e. The highest BCUT2D eigenvalue weighted by atomic mass is 35.5. The Hall–Kier alpha value is -1.69. The van der Waals surface area contributed by atoms with Gasteiger partial charge < -0.3 is 10.2 Å². The second-order valence-corrected chi connectivity index (χ2v) is 7.77. The topological polar surface area (TPSA) is 49.4 Å². The number of carbonyl (C=O) groups excluding carboxylic acids is 2. The van der Waals surface area contributed by atoms with Gasteiger partial charge in [-0.25, -0.2) is 0 Å². The van der Waals surface area contributed by atoms with Crippen LogP contribution in [0.25, 0.3) is 0 Å². The third-order valence-electron chi connectivity index (χ3n) is 4.07. The average Bonchev–Trinajstić information content (AvgIpc) is 2.69. The van der Waals surface area contributed by atoms with Crippen molar-refractivity contribution in [1.29, 1.82) is 0 Å². The molecular formula is C20H22Cl2N2O2S. The molecule has 0 spiro atoms. The van der Waals surface area contributed by atoms with Crippen LogP contribution in [0.3, 0.4) is 0 Å². The van der Waals surface area contributed by atoms with Crippen LogP contribution in [0.5, 0.6) is 0 Å². The van der Waals surface area contributed by atoms with Crippen LogP contribution < -0.4 is 5.32 Å². The number of benzene rings is 2. The minimum absolute atomic E-state index is 0.106. The van der Waals surface area contributed by atoms with Crippen LogP contribution in [0.2, 0.25) is 10.0 Å². The monoisotopic (exact) mass is 424 g/mol. The second kappa shape index (κ2) is 10.6. The average molecular weight is 425 g/mol. The van der Waals surface area contributed by atoms with Gasteiger partial charge in [0.25, 0.3) is 0 Å². The molecule has 0 saturated heterocycles. The fraction of sp³-hybridized carbons (Fsp3) is 0.300. The van der Waals surface area contributed by atoms with E-state index < -0.39 is 6.04 Å². The van der Waals surface area contributed by atoms with Crippen LogP contribution >= 0.6 is 35.0 Å². The summed E-state index contributed by atoms with van der Waals surface area (Å²) in [5.41, 5.74) is 0.824. The first kappa shape index (κ1) is 21.6. The van der Waals surface area contributed by atoms with Gasteiger partial charge in [-0.2, -0.15) is 0 Å². The van der Waals surface area contributed by atoms with Crippen LogP contribution in [0, 0.1) is 0 Å². The number of thioether (sulfide) groups is 1. The quantitative estimate of drug-likeness (QED) is 0.627. The maximum atomic E-state index is 13.0. The van der Waals surface area contributed by atoms with Crippen LogP contribution in [0.4, 0.5) is 0 Å². The predicted octanol–water partition coefficient (Wildman–Crippen LogP) is 4.64. The second-order valence-electron chi connectivity index (χ2n) is 5.91. The zero-order valence-corrected chi connectivity index (χ0v) is 17.6. The Labute approximate surface area is 174 Å². The maximum absolute atomic E-state index is 13.0. The molecule has 0 unspecified atom stereocenters. The minimum Gasteiger partial charge on any atom is -0.357 e. The van der Waals surface area contributed by atoms with E-state index in [1.165, 1.54) is 11.8 Å². The van der Waals surface area contributed by atoms with Gasteiger partial charge in [0.1, 0.15) is 6.04 Å². The molecule has 1 N–H and O–H groups in total. The van der Waals surface area contributed by atoms with Crippen LogP contribution in [-0.2, 0) is 16.1 Å². The molecule has 0 bridgehead atoms. The lowest BCUT2D eigenvalue weighted by Crippen LogP contribution is -2.48. The highest BCUT2D eigenvalue weighted by molar-refractivity contribution is 8.00. The number of likely N-dealkylation sites (N-methyl/N-ethyl adjacent to an activating group) is 1. The Morgan fingerprint density at radius 2 is 1.81 bits per heavy atom. The normalized spacial score (nSPS) is 11.7. The summed E-state index contributed by atoms with van der Waals surface area (Å²) in [6, 6.07) is 14.4. The number of nitrogens with zero attached hydrogens (tertiary/aromatic N) is 1. The number of amides is 2. The zero-order chi connectivity index (χ0) is 19.8. The molecule has 144 valence electrons. The van der Waals surface area contributed by atoms with Gasteiger partial charge in [0, 0.05) is 18.5 Å². The lowest BCUT2D eigenvalue weighted by atomic mass is 10.1. The molecule has 0 radical (unpaired) electrons. The van der Waals surface area contributed by atoms with Crippen molar-refractivity contribution < 1.29 is 9.59 Å². The van der Waals surface area contributed by atoms with Gasteiger partial charge in [0.05, 0.1) is 15.8 Å². The van der Waals surface area contributed by atoms with Crippen molar-refractivity contribution in [2.75, 3.05) is 12.8 Å². The van der Waals surface area contributed by atoms with Crippen molar-refractivity contribution in [2.24, 2.45) is 0 Å². The molecule has 0 aliphatic heterocycles. The molecule has 0 aliphatic carbocycles. The molecule has 0 heterocycles. The van der Waals surface area contributed by atoms with E-state index in [1.54, 1.807) is 24.1 Å². The Morgan fingerprint density at radius 3 is 2.41 bits per heavy atom. The summed E-state index contributed by atoms with van der Waals surface area (Å²) in [5.74, 6) is -0.0419. The van der Waals surface area contributed by atoms with Crippen LogP contribution in [0.15, 0.2) is 53.4 Å². The summed E-state index contributed by atoms with van der Waals surface area (Å²) in [6.45, 7) is 2.18. The first-order valence-electron chi connectivity index (χ1n) is 8.59. The molecule has 2 aromatic carbocycles. The van der Waals surface area contributed by atoms with E-state index in [-0.39, 0.29) is 24.1 Å². The van der Waals surface area contributed by atoms with E-state index >= 15 is 0 Å². The summed E-state index contributed by atoms with van der Waals surface area (Å²) in [4.78, 5) is 27.9. The van der Waals surface area contributed by atoms with E-state index in [1.807, 2.05) is 43.3 Å². The molecule has 2 aromatic rings. The first-order chi connectivity index (χ1) is 13.0. The molecule has 0 aromatic heterocycles. The largest absolute Gasteiger partial charge is 0.357 e. The number of nitrogens with one attached hydrogen (secondary N) is 1. The molecule has 27 heavy (non-hydrogen) atoms. The molecule has 2 rings (SSSR count). The van der Waals surface area contributed by atoms with Gasteiger partial charge >= 0.3 is 0 Å². The van der Waals surface area contributed by atoms with Gasteiger partial charge in [-0.15, -0.1) is 11.8 Å². The number of carbonyl (C=O) groups is 2.